The molecule has 0 unspecified atom stereocenters. The summed E-state index contributed by atoms with van der Waals surface area (Å²) < 4.78 is 0. The first-order valence-electron chi connectivity index (χ1n) is 8.50. The molecular weight excluding hydrogens is 371 g/mol. The van der Waals surface area contributed by atoms with E-state index in [0.717, 1.165) is 43.0 Å². The molecule has 0 bridgehead atoms. The monoisotopic (exact) mass is 388 g/mol. The quantitative estimate of drug-likeness (QED) is 0.629. The minimum absolute atomic E-state index is 0.438. The van der Waals surface area contributed by atoms with Crippen LogP contribution in [0.1, 0.15) is 12.8 Å². The topological polar surface area (TPSA) is 78.5 Å². The Kier molecular flexibility index (Phi) is 5.06. The zero-order valence-electron chi connectivity index (χ0n) is 14.0. The number of piperidine rings is 1. The fourth-order valence-corrected chi connectivity index (χ4v) is 3.27. The number of anilines is 1. The lowest BCUT2D eigenvalue weighted by molar-refractivity contribution is 0.478. The van der Waals surface area contributed by atoms with Crippen LogP contribution in [-0.4, -0.2) is 39.1 Å². The Morgan fingerprint density at radius 1 is 1.04 bits per heavy atom. The number of nitrogens with zero attached hydrogens (tertiary/aromatic N) is 3. The number of imidazole rings is 1. The van der Waals surface area contributed by atoms with Crippen molar-refractivity contribution in [1.82, 2.24) is 25.3 Å². The highest BCUT2D eigenvalue weighted by Crippen LogP contribution is 2.28. The fraction of sp³-hybridized carbons (Fsp3) is 0.278. The molecule has 1 aromatic carbocycles. The number of aromatic amines is 1. The van der Waals surface area contributed by atoms with Crippen molar-refractivity contribution in [2.24, 2.45) is 0 Å². The maximum atomic E-state index is 6.09. The van der Waals surface area contributed by atoms with E-state index in [4.69, 9.17) is 23.2 Å². The van der Waals surface area contributed by atoms with Crippen molar-refractivity contribution in [1.29, 1.82) is 0 Å². The predicted octanol–water partition coefficient (Wildman–Crippen LogP) is 4.00. The van der Waals surface area contributed by atoms with Crippen LogP contribution in [0.2, 0.25) is 10.0 Å². The van der Waals surface area contributed by atoms with Crippen LogP contribution in [0.4, 0.5) is 5.82 Å². The van der Waals surface area contributed by atoms with E-state index < -0.39 is 0 Å². The first-order valence-corrected chi connectivity index (χ1v) is 9.26. The number of hydrogen-bond donors (Lipinski definition) is 3. The lowest BCUT2D eigenvalue weighted by Crippen LogP contribution is -2.35. The van der Waals surface area contributed by atoms with Gasteiger partial charge in [0.25, 0.3) is 0 Å². The highest BCUT2D eigenvalue weighted by atomic mass is 35.5. The maximum Gasteiger partial charge on any atom is 0.179 e. The Hall–Kier alpha value is -2.15. The number of benzene rings is 1. The average molecular weight is 389 g/mol. The molecule has 8 heteroatoms. The Bertz CT molecular complexity index is 904. The molecule has 26 heavy (non-hydrogen) atoms. The lowest BCUT2D eigenvalue weighted by Gasteiger charge is -2.24. The minimum Gasteiger partial charge on any atom is -0.367 e. The summed E-state index contributed by atoms with van der Waals surface area (Å²) in [6.45, 7) is 2.06. The summed E-state index contributed by atoms with van der Waals surface area (Å²) in [4.78, 5) is 16.6. The van der Waals surface area contributed by atoms with Crippen LogP contribution in [0.25, 0.3) is 22.9 Å². The highest BCUT2D eigenvalue weighted by Gasteiger charge is 2.14. The maximum absolute atomic E-state index is 6.09. The third kappa shape index (κ3) is 3.82. The highest BCUT2D eigenvalue weighted by molar-refractivity contribution is 6.42. The number of rotatable bonds is 4. The molecule has 1 aliphatic heterocycles. The molecule has 4 rings (SSSR count). The molecule has 0 atom stereocenters. The third-order valence-corrected chi connectivity index (χ3v) is 5.10. The smallest absolute Gasteiger partial charge is 0.179 e. The van der Waals surface area contributed by atoms with Crippen LogP contribution in [0.15, 0.2) is 36.7 Å². The van der Waals surface area contributed by atoms with E-state index in [2.05, 4.69) is 30.6 Å². The summed E-state index contributed by atoms with van der Waals surface area (Å²) >= 11 is 12.1. The van der Waals surface area contributed by atoms with Crippen molar-refractivity contribution in [2.45, 2.75) is 18.9 Å². The Morgan fingerprint density at radius 3 is 2.69 bits per heavy atom. The molecule has 6 nitrogen and oxygen atoms in total. The van der Waals surface area contributed by atoms with E-state index in [1.165, 1.54) is 0 Å². The normalized spacial score (nSPS) is 15.2. The van der Waals surface area contributed by atoms with E-state index >= 15 is 0 Å². The van der Waals surface area contributed by atoms with Crippen LogP contribution in [0.5, 0.6) is 0 Å². The molecule has 134 valence electrons. The fourth-order valence-electron chi connectivity index (χ4n) is 2.97. The summed E-state index contributed by atoms with van der Waals surface area (Å²) in [5.74, 6) is 2.12. The standard InChI is InChI=1S/C18H18Cl2N6/c19-13-2-1-11(9-14(13)20)17-23-10-15(25-17)18-22-8-5-16(26-18)24-12-3-6-21-7-4-12/h1-2,5,8-10,12,21H,3-4,6-7H2,(H,23,25)(H,22,24,26). The lowest BCUT2D eigenvalue weighted by atomic mass is 10.1. The van der Waals surface area contributed by atoms with E-state index in [9.17, 15) is 0 Å². The molecule has 1 aliphatic rings. The summed E-state index contributed by atoms with van der Waals surface area (Å²) in [6, 6.07) is 7.73. The minimum atomic E-state index is 0.438. The van der Waals surface area contributed by atoms with Crippen molar-refractivity contribution in [3.05, 3.63) is 46.7 Å². The molecule has 3 aromatic rings. The van der Waals surface area contributed by atoms with E-state index in [1.807, 2.05) is 12.1 Å². The molecule has 0 spiro atoms. The molecule has 3 N–H and O–H groups in total. The van der Waals surface area contributed by atoms with Gasteiger partial charge in [-0.15, -0.1) is 0 Å². The molecule has 0 amide bonds. The van der Waals surface area contributed by atoms with Crippen molar-refractivity contribution in [3.8, 4) is 22.9 Å². The van der Waals surface area contributed by atoms with Gasteiger partial charge in [0.15, 0.2) is 5.82 Å². The van der Waals surface area contributed by atoms with Gasteiger partial charge < -0.3 is 15.6 Å². The first kappa shape index (κ1) is 17.3. The van der Waals surface area contributed by atoms with Gasteiger partial charge in [-0.3, -0.25) is 0 Å². The van der Waals surface area contributed by atoms with Gasteiger partial charge in [0.2, 0.25) is 0 Å². The van der Waals surface area contributed by atoms with Gasteiger partial charge >= 0.3 is 0 Å². The van der Waals surface area contributed by atoms with Gasteiger partial charge in [-0.1, -0.05) is 23.2 Å². The van der Waals surface area contributed by atoms with Gasteiger partial charge in [0.05, 0.1) is 16.2 Å². The van der Waals surface area contributed by atoms with E-state index in [0.29, 0.717) is 27.7 Å². The summed E-state index contributed by atoms with van der Waals surface area (Å²) in [6.07, 6.45) is 5.66. The summed E-state index contributed by atoms with van der Waals surface area (Å²) in [7, 11) is 0. The zero-order chi connectivity index (χ0) is 17.9. The van der Waals surface area contributed by atoms with Gasteiger partial charge in [-0.05, 0) is 50.2 Å². The second-order valence-corrected chi connectivity index (χ2v) is 7.02. The molecule has 1 fully saturated rings. The summed E-state index contributed by atoms with van der Waals surface area (Å²) in [5, 5.41) is 7.85. The number of nitrogens with one attached hydrogen (secondary N) is 3. The number of aromatic nitrogens is 4. The van der Waals surface area contributed by atoms with Crippen molar-refractivity contribution in [3.63, 3.8) is 0 Å². The van der Waals surface area contributed by atoms with Crippen molar-refractivity contribution < 1.29 is 0 Å². The van der Waals surface area contributed by atoms with Crippen molar-refractivity contribution in [2.75, 3.05) is 18.4 Å². The molecule has 0 radical (unpaired) electrons. The second-order valence-electron chi connectivity index (χ2n) is 6.21. The molecule has 0 saturated carbocycles. The molecule has 2 aromatic heterocycles. The third-order valence-electron chi connectivity index (χ3n) is 4.36. The predicted molar refractivity (Wildman–Crippen MR) is 105 cm³/mol. The SMILES string of the molecule is Clc1ccc(-c2ncc(-c3nccc(NC4CCNCC4)n3)[nH]2)cc1Cl. The second kappa shape index (κ2) is 7.61. The van der Waals surface area contributed by atoms with Crippen LogP contribution in [0, 0.1) is 0 Å². The van der Waals surface area contributed by atoms with Gasteiger partial charge in [0, 0.05) is 17.8 Å². The average Bonchev–Trinajstić information content (AvgIpc) is 3.15. The molecule has 1 saturated heterocycles. The van der Waals surface area contributed by atoms with E-state index in [-0.39, 0.29) is 0 Å². The number of H-pyrrole nitrogens is 1. The summed E-state index contributed by atoms with van der Waals surface area (Å²) in [5.41, 5.74) is 1.61. The Labute approximate surface area is 161 Å². The van der Waals surface area contributed by atoms with E-state index in [1.54, 1.807) is 24.5 Å². The van der Waals surface area contributed by atoms with Crippen LogP contribution in [-0.2, 0) is 0 Å². The first-order chi connectivity index (χ1) is 12.7. The Balaban J connectivity index is 1.55. The van der Waals surface area contributed by atoms with Crippen LogP contribution >= 0.6 is 23.2 Å². The number of halogens is 2. The van der Waals surface area contributed by atoms with Gasteiger partial charge in [-0.25, -0.2) is 15.0 Å². The molecular formula is C18H18Cl2N6. The zero-order valence-corrected chi connectivity index (χ0v) is 15.5. The van der Waals surface area contributed by atoms with Crippen molar-refractivity contribution >= 4 is 29.0 Å². The van der Waals surface area contributed by atoms with Gasteiger partial charge in [-0.2, -0.15) is 0 Å². The number of hydrogen-bond acceptors (Lipinski definition) is 5. The van der Waals surface area contributed by atoms with Crippen LogP contribution in [0.3, 0.4) is 0 Å². The van der Waals surface area contributed by atoms with Gasteiger partial charge in [0.1, 0.15) is 17.3 Å². The Morgan fingerprint density at radius 2 is 1.88 bits per heavy atom. The van der Waals surface area contributed by atoms with Crippen LogP contribution < -0.4 is 10.6 Å². The largest absolute Gasteiger partial charge is 0.367 e. The molecule has 0 aliphatic carbocycles. The molecule has 3 heterocycles.